The first-order valence-corrected chi connectivity index (χ1v) is 34.1. The molecule has 5 heterocycles. The summed E-state index contributed by atoms with van der Waals surface area (Å²) in [6.07, 6.45) is 7.33. The Balaban J connectivity index is 0.906. The van der Waals surface area contributed by atoms with Crippen molar-refractivity contribution in [3.05, 3.63) is 153 Å². The molecule has 0 spiro atoms. The van der Waals surface area contributed by atoms with E-state index in [-0.39, 0.29) is 66.4 Å². The Morgan fingerprint density at radius 1 is 0.705 bits per heavy atom. The Hall–Kier alpha value is -6.72. The number of rotatable bonds is 31. The van der Waals surface area contributed by atoms with Crippen LogP contribution in [-0.4, -0.2) is 143 Å². The second-order valence-corrected chi connectivity index (χ2v) is 28.3. The number of ketones is 1. The van der Waals surface area contributed by atoms with Gasteiger partial charge in [-0.05, 0) is 159 Å². The molecule has 0 aliphatic carbocycles. The van der Waals surface area contributed by atoms with E-state index in [0.29, 0.717) is 118 Å². The Morgan fingerprint density at radius 3 is 2.03 bits per heavy atom. The molecule has 0 fully saturated rings. The van der Waals surface area contributed by atoms with Gasteiger partial charge in [0.15, 0.2) is 11.5 Å². The van der Waals surface area contributed by atoms with Crippen LogP contribution in [0.5, 0.6) is 17.2 Å². The summed E-state index contributed by atoms with van der Waals surface area (Å²) in [6, 6.07) is 28.9. The fourth-order valence-electron chi connectivity index (χ4n) is 12.6. The second-order valence-electron chi connectivity index (χ2n) is 23.7. The highest BCUT2D eigenvalue weighted by molar-refractivity contribution is 8.77. The fraction of sp³-hybridized carbons (Fsp3) is 0.448. The van der Waals surface area contributed by atoms with Gasteiger partial charge in [-0.3, -0.25) is 33.4 Å². The number of hydrogen-bond donors (Lipinski definition) is 1. The summed E-state index contributed by atoms with van der Waals surface area (Å²) in [7, 11) is 2.16. The van der Waals surface area contributed by atoms with Crippen LogP contribution in [0, 0.1) is 12.8 Å². The van der Waals surface area contributed by atoms with Gasteiger partial charge in [0.2, 0.25) is 0 Å². The largest absolute Gasteiger partial charge is 0.493 e. The maximum atomic E-state index is 14.6. The summed E-state index contributed by atoms with van der Waals surface area (Å²) in [5.41, 5.74) is 9.77. The third-order valence-corrected chi connectivity index (χ3v) is 21.0. The van der Waals surface area contributed by atoms with Crippen LogP contribution in [0.25, 0.3) is 0 Å². The standard InChI is InChI=1S/C67H78N4O14S3/c1-44-30-55-47(18-19-52-35-48-12-6-8-16-57(48)70(52)65(55)75)37-60(44)84-40-45-31-46(41-85-62-38-50-34-51(42-88(77,78)79)59-36-49-13-7-9-17-58(49)71(59)66(76)56(50)39-61(62)81-5)33-53(32-45)68(23-24-82-27-28-83-26-25-80-4)43-67(2,3)87-86-29-11-15-54(72)14-10-22-69-63(73)20-21-64(69)74/h6-9,12-13,16-17,20-21,30-33,37-39,51-52,59H,10-11,14-15,18-19,22-29,34-36,40-43H2,1-5H3,(H,77,78,79)/t51?,52-,59+/m1/s1. The van der Waals surface area contributed by atoms with E-state index >= 15 is 0 Å². The number of carbonyl (C=O) groups is 5. The monoisotopic (exact) mass is 1260 g/mol. The van der Waals surface area contributed by atoms with Crippen molar-refractivity contribution in [1.82, 2.24) is 4.90 Å². The topological polar surface area (TPSA) is 208 Å². The van der Waals surface area contributed by atoms with Crippen molar-refractivity contribution in [3.8, 4) is 17.2 Å². The molecule has 5 aliphatic rings. The quantitative estimate of drug-likeness (QED) is 0.0189. The first-order chi connectivity index (χ1) is 42.4. The van der Waals surface area contributed by atoms with Gasteiger partial charge in [-0.1, -0.05) is 58.0 Å². The maximum absolute atomic E-state index is 14.6. The van der Waals surface area contributed by atoms with Crippen molar-refractivity contribution in [2.45, 2.75) is 109 Å². The van der Waals surface area contributed by atoms with Gasteiger partial charge < -0.3 is 43.1 Å². The Bertz CT molecular complexity index is 3540. The minimum Gasteiger partial charge on any atom is -0.493 e. The van der Waals surface area contributed by atoms with Crippen LogP contribution in [0.1, 0.15) is 106 Å². The zero-order valence-electron chi connectivity index (χ0n) is 50.7. The van der Waals surface area contributed by atoms with Crippen LogP contribution in [0.15, 0.2) is 103 Å². The molecular formula is C67H78N4O14S3. The highest BCUT2D eigenvalue weighted by Crippen LogP contribution is 2.45. The predicted octanol–water partition coefficient (Wildman–Crippen LogP) is 10.0. The average molecular weight is 1260 g/mol. The molecule has 88 heavy (non-hydrogen) atoms. The molecule has 0 radical (unpaired) electrons. The lowest BCUT2D eigenvalue weighted by atomic mass is 9.91. The summed E-state index contributed by atoms with van der Waals surface area (Å²) >= 11 is 0. The van der Waals surface area contributed by atoms with Crippen LogP contribution in [0.2, 0.25) is 0 Å². The number of anilines is 3. The number of imide groups is 1. The van der Waals surface area contributed by atoms with E-state index in [4.69, 9.17) is 28.4 Å². The third kappa shape index (κ3) is 15.6. The van der Waals surface area contributed by atoms with Crippen LogP contribution >= 0.6 is 21.6 Å². The number of nitrogens with zero attached hydrogens (tertiary/aromatic N) is 4. The second kappa shape index (κ2) is 28.8. The number of aryl methyl sites for hydroxylation is 2. The molecule has 5 aromatic rings. The van der Waals surface area contributed by atoms with Crippen LogP contribution in [0.4, 0.5) is 17.1 Å². The van der Waals surface area contributed by atoms with Crippen molar-refractivity contribution in [3.63, 3.8) is 0 Å². The molecule has 5 aromatic carbocycles. The van der Waals surface area contributed by atoms with Gasteiger partial charge in [-0.15, -0.1) is 0 Å². The van der Waals surface area contributed by atoms with Gasteiger partial charge in [-0.2, -0.15) is 8.42 Å². The van der Waals surface area contributed by atoms with Crippen molar-refractivity contribution >= 4 is 78.2 Å². The lowest BCUT2D eigenvalue weighted by Gasteiger charge is -2.34. The number of hydrogen-bond acceptors (Lipinski definition) is 16. The molecule has 21 heteroatoms. The zero-order valence-corrected chi connectivity index (χ0v) is 53.1. The van der Waals surface area contributed by atoms with E-state index in [1.807, 2.05) is 72.5 Å². The van der Waals surface area contributed by atoms with E-state index in [2.05, 4.69) is 36.9 Å². The molecule has 5 aliphatic heterocycles. The van der Waals surface area contributed by atoms with Crippen LogP contribution in [-0.2, 0) is 77.6 Å². The lowest BCUT2D eigenvalue weighted by Crippen LogP contribution is -2.43. The highest BCUT2D eigenvalue weighted by atomic mass is 33.1. The number of Topliss-reactive ketones (excluding diaryl/α,β-unsaturated/α-hetero) is 1. The van der Waals surface area contributed by atoms with E-state index < -0.39 is 27.8 Å². The zero-order chi connectivity index (χ0) is 62.1. The number of methoxy groups -OCH3 is 2. The summed E-state index contributed by atoms with van der Waals surface area (Å²) < 4.78 is 71.6. The number of fused-ring (bicyclic) bond motifs is 8. The van der Waals surface area contributed by atoms with E-state index in [0.717, 1.165) is 69.1 Å². The molecule has 4 amide bonds. The molecule has 10 rings (SSSR count). The van der Waals surface area contributed by atoms with E-state index in [1.54, 1.807) is 45.7 Å². The number of para-hydroxylation sites is 2. The van der Waals surface area contributed by atoms with Crippen LogP contribution in [0.3, 0.4) is 0 Å². The molecule has 468 valence electrons. The molecular weight excluding hydrogens is 1180 g/mol. The normalized spacial score (nSPS) is 17.7. The SMILES string of the molecule is COCCOCCOCCN(CC(C)(C)SSCCCC(=O)CCCN1C(=O)C=CC1=O)c1cc(COc2cc3c(cc2C)C(=O)N2c4ccccc4C[C@H]2CC3)cc(COc2cc3c(cc2OC)C(=O)N2c4ccccc4C[C@H]2C(CS(=O)(=O)O)C3)c1. The molecule has 18 nitrogen and oxygen atoms in total. The van der Waals surface area contributed by atoms with Gasteiger partial charge in [0.05, 0.1) is 45.9 Å². The van der Waals surface area contributed by atoms with Crippen molar-refractivity contribution in [1.29, 1.82) is 0 Å². The molecule has 0 saturated heterocycles. The fourth-order valence-corrected chi connectivity index (χ4v) is 16.0. The first-order valence-electron chi connectivity index (χ1n) is 30.1. The first kappa shape index (κ1) is 64.3. The third-order valence-electron chi connectivity index (χ3n) is 16.7. The molecule has 0 aromatic heterocycles. The van der Waals surface area contributed by atoms with Gasteiger partial charge in [0, 0.05) is 108 Å². The lowest BCUT2D eigenvalue weighted by molar-refractivity contribution is -0.137. The summed E-state index contributed by atoms with van der Waals surface area (Å²) in [5, 5.41) is 0. The van der Waals surface area contributed by atoms with E-state index in [9.17, 15) is 36.9 Å². The number of amides is 4. The molecule has 3 atom stereocenters. The predicted molar refractivity (Wildman–Crippen MR) is 342 cm³/mol. The Kier molecular flexibility index (Phi) is 21.1. The van der Waals surface area contributed by atoms with Crippen molar-refractivity contribution in [2.75, 3.05) is 93.1 Å². The molecule has 1 N–H and O–H groups in total. The summed E-state index contributed by atoms with van der Waals surface area (Å²) in [4.78, 5) is 72.8. The van der Waals surface area contributed by atoms with Gasteiger partial charge in [0.1, 0.15) is 24.7 Å². The van der Waals surface area contributed by atoms with Gasteiger partial charge in [0.25, 0.3) is 33.7 Å². The number of ether oxygens (including phenoxy) is 6. The van der Waals surface area contributed by atoms with Crippen molar-refractivity contribution < 1.29 is 65.4 Å². The Labute approximate surface area is 523 Å². The summed E-state index contributed by atoms with van der Waals surface area (Å²) in [5.74, 6) is 0.0667. The van der Waals surface area contributed by atoms with Gasteiger partial charge in [-0.25, -0.2) is 0 Å². The average Bonchev–Trinajstić information content (AvgIpc) is 1.69. The minimum atomic E-state index is -4.43. The molecule has 0 bridgehead atoms. The maximum Gasteiger partial charge on any atom is 0.265 e. The van der Waals surface area contributed by atoms with Crippen LogP contribution < -0.4 is 28.9 Å². The van der Waals surface area contributed by atoms with E-state index in [1.165, 1.54) is 24.8 Å². The summed E-state index contributed by atoms with van der Waals surface area (Å²) in [6.45, 7) is 10.0. The minimum absolute atomic E-state index is 0.00583. The Morgan fingerprint density at radius 2 is 1.33 bits per heavy atom. The molecule has 1 unspecified atom stereocenters. The highest BCUT2D eigenvalue weighted by Gasteiger charge is 2.44. The van der Waals surface area contributed by atoms with Gasteiger partial charge >= 0.3 is 0 Å². The smallest absolute Gasteiger partial charge is 0.265 e. The number of carbonyl (C=O) groups excluding carboxylic acids is 5. The molecule has 0 saturated carbocycles. The number of benzene rings is 5. The van der Waals surface area contributed by atoms with Crippen molar-refractivity contribution in [2.24, 2.45) is 5.92 Å².